The van der Waals surface area contributed by atoms with E-state index in [4.69, 9.17) is 5.73 Å². The minimum atomic E-state index is -0.353. The number of benzene rings is 2. The molecule has 1 aromatic heterocycles. The number of hydrogen-bond donors (Lipinski definition) is 2. The van der Waals surface area contributed by atoms with Crippen LogP contribution >= 0.6 is 0 Å². The molecule has 0 saturated carbocycles. The van der Waals surface area contributed by atoms with Gasteiger partial charge in [0.25, 0.3) is 0 Å². The number of nitrogens with one attached hydrogen (secondary N) is 3. The van der Waals surface area contributed by atoms with Crippen LogP contribution in [0.4, 0.5) is 5.69 Å². The smallest absolute Gasteiger partial charge is 0.201 e. The van der Waals surface area contributed by atoms with Gasteiger partial charge in [-0.15, -0.1) is 0 Å². The van der Waals surface area contributed by atoms with Crippen LogP contribution in [0.3, 0.4) is 0 Å². The number of aromatic amines is 1. The summed E-state index contributed by atoms with van der Waals surface area (Å²) < 4.78 is 0. The summed E-state index contributed by atoms with van der Waals surface area (Å²) in [7, 11) is 0. The standard InChI is InChI=1S/C15H13N5O.Y/c16-15(19-14(21)10-4-2-1-3-5-10)18-12-6-7-13-11(8-12)9-17-20-13;/h1-9H,(H4,16,17,18,19,20,21);/p-1. The molecule has 0 saturated heterocycles. The molecule has 0 fully saturated rings. The van der Waals surface area contributed by atoms with Crippen LogP contribution in [0.25, 0.3) is 16.6 Å². The third-order valence-electron chi connectivity index (χ3n) is 2.93. The molecule has 3 aromatic rings. The maximum Gasteiger partial charge on any atom is 0.201 e. The molecule has 2 aromatic carbocycles. The number of guanidine groups is 1. The molecular formula is C15H12N5OY-. The van der Waals surface area contributed by atoms with Gasteiger partial charge in [-0.25, -0.2) is 0 Å². The number of hydrogen-bond acceptors (Lipinski definition) is 3. The van der Waals surface area contributed by atoms with Crippen molar-refractivity contribution in [1.82, 2.24) is 15.5 Å². The first-order valence-electron chi connectivity index (χ1n) is 6.32. The molecule has 0 aliphatic carbocycles. The van der Waals surface area contributed by atoms with E-state index in [9.17, 15) is 4.79 Å². The zero-order valence-corrected chi connectivity index (χ0v) is 14.4. The minimum absolute atomic E-state index is 0. The molecule has 0 bridgehead atoms. The van der Waals surface area contributed by atoms with Crippen molar-refractivity contribution in [3.63, 3.8) is 0 Å². The molecule has 6 nitrogen and oxygen atoms in total. The molecule has 22 heavy (non-hydrogen) atoms. The monoisotopic (exact) mass is 367 g/mol. The Labute approximate surface area is 152 Å². The zero-order chi connectivity index (χ0) is 14.7. The fourth-order valence-electron chi connectivity index (χ4n) is 1.93. The van der Waals surface area contributed by atoms with Crippen LogP contribution in [0.15, 0.2) is 59.7 Å². The van der Waals surface area contributed by atoms with Crippen molar-refractivity contribution >= 4 is 28.5 Å². The molecule has 3 N–H and O–H groups in total. The molecule has 0 unspecified atom stereocenters. The first-order chi connectivity index (χ1) is 10.2. The van der Waals surface area contributed by atoms with Gasteiger partial charge >= 0.3 is 0 Å². The van der Waals surface area contributed by atoms with Crippen molar-refractivity contribution in [3.8, 4) is 0 Å². The van der Waals surface area contributed by atoms with Crippen molar-refractivity contribution in [2.45, 2.75) is 0 Å². The van der Waals surface area contributed by atoms with Gasteiger partial charge in [0.05, 0.1) is 11.7 Å². The number of aliphatic imine (C=N–C) groups is 1. The summed E-state index contributed by atoms with van der Waals surface area (Å²) in [5.41, 5.74) is 9.73. The maximum absolute atomic E-state index is 11.9. The van der Waals surface area contributed by atoms with Gasteiger partial charge < -0.3 is 16.0 Å². The van der Waals surface area contributed by atoms with Crippen LogP contribution in [0, 0.1) is 0 Å². The Morgan fingerprint density at radius 1 is 1.18 bits per heavy atom. The molecule has 0 spiro atoms. The van der Waals surface area contributed by atoms with E-state index in [1.165, 1.54) is 0 Å². The van der Waals surface area contributed by atoms with Crippen molar-refractivity contribution in [3.05, 3.63) is 66.0 Å². The van der Waals surface area contributed by atoms with Gasteiger partial charge in [-0.2, -0.15) is 5.10 Å². The summed E-state index contributed by atoms with van der Waals surface area (Å²) >= 11 is 0. The van der Waals surface area contributed by atoms with Gasteiger partial charge in [0.1, 0.15) is 0 Å². The van der Waals surface area contributed by atoms with Crippen LogP contribution in [-0.4, -0.2) is 22.1 Å². The number of carbonyl (C=O) groups is 1. The second-order valence-corrected chi connectivity index (χ2v) is 4.42. The normalized spacial score (nSPS) is 11.0. The summed E-state index contributed by atoms with van der Waals surface area (Å²) in [6, 6.07) is 14.1. The topological polar surface area (TPSA) is 93.9 Å². The van der Waals surface area contributed by atoms with E-state index in [1.807, 2.05) is 12.1 Å². The Bertz CT molecular complexity index is 813. The molecule has 1 heterocycles. The number of H-pyrrole nitrogens is 1. The maximum atomic E-state index is 11.9. The molecule has 0 atom stereocenters. The van der Waals surface area contributed by atoms with Crippen LogP contribution in [-0.2, 0) is 32.7 Å². The average Bonchev–Trinajstić information content (AvgIpc) is 2.95. The summed E-state index contributed by atoms with van der Waals surface area (Å²) in [4.78, 5) is 16.0. The predicted molar refractivity (Wildman–Crippen MR) is 81.4 cm³/mol. The summed E-state index contributed by atoms with van der Waals surface area (Å²) in [6.45, 7) is 0. The molecule has 1 amide bonds. The van der Waals surface area contributed by atoms with E-state index in [0.717, 1.165) is 10.9 Å². The van der Waals surface area contributed by atoms with Gasteiger partial charge in [0.15, 0.2) is 0 Å². The van der Waals surface area contributed by atoms with E-state index in [-0.39, 0.29) is 44.6 Å². The van der Waals surface area contributed by atoms with Crippen molar-refractivity contribution < 1.29 is 37.5 Å². The van der Waals surface area contributed by atoms with E-state index >= 15 is 0 Å². The van der Waals surface area contributed by atoms with Gasteiger partial charge in [-0.1, -0.05) is 36.4 Å². The third-order valence-corrected chi connectivity index (χ3v) is 2.93. The van der Waals surface area contributed by atoms with Crippen molar-refractivity contribution in [2.24, 2.45) is 4.99 Å². The molecule has 0 aliphatic rings. The number of rotatable bonds is 2. The minimum Gasteiger partial charge on any atom is -0.411 e. The fourth-order valence-corrected chi connectivity index (χ4v) is 1.93. The van der Waals surface area contributed by atoms with Crippen molar-refractivity contribution in [2.75, 3.05) is 0 Å². The van der Waals surface area contributed by atoms with Gasteiger partial charge in [0, 0.05) is 49.6 Å². The average molecular weight is 367 g/mol. The van der Waals surface area contributed by atoms with Crippen molar-refractivity contribution in [1.29, 1.82) is 0 Å². The van der Waals surface area contributed by atoms with Crippen LogP contribution in [0.2, 0.25) is 0 Å². The Kier molecular flexibility index (Phi) is 5.41. The first kappa shape index (κ1) is 16.3. The molecule has 0 aliphatic heterocycles. The Morgan fingerprint density at radius 3 is 2.73 bits per heavy atom. The van der Waals surface area contributed by atoms with Gasteiger partial charge in [-0.05, 0) is 17.8 Å². The largest absolute Gasteiger partial charge is 0.411 e. The third kappa shape index (κ3) is 3.78. The van der Waals surface area contributed by atoms with E-state index in [2.05, 4.69) is 20.5 Å². The summed E-state index contributed by atoms with van der Waals surface area (Å²) in [5.74, 6) is -0.555. The van der Waals surface area contributed by atoms with Gasteiger partial charge in [0.2, 0.25) is 5.91 Å². The number of amides is 1. The van der Waals surface area contributed by atoms with Gasteiger partial charge in [-0.3, -0.25) is 9.89 Å². The Hall–Kier alpha value is -2.05. The molecule has 3 rings (SSSR count). The molecular weight excluding hydrogens is 355 g/mol. The number of aromatic nitrogens is 2. The second kappa shape index (κ2) is 7.29. The Balaban J connectivity index is 0.00000176. The predicted octanol–water partition coefficient (Wildman–Crippen LogP) is 3.03. The van der Waals surface area contributed by atoms with E-state index in [0.29, 0.717) is 11.3 Å². The quantitative estimate of drug-likeness (QED) is 0.538. The second-order valence-electron chi connectivity index (χ2n) is 4.42. The molecule has 7 heteroatoms. The van der Waals surface area contributed by atoms with E-state index < -0.39 is 0 Å². The fraction of sp³-hybridized carbons (Fsp3) is 0. The summed E-state index contributed by atoms with van der Waals surface area (Å²) in [5, 5.41) is 10.1. The zero-order valence-electron chi connectivity index (χ0n) is 11.6. The number of nitrogens with zero attached hydrogens (tertiary/aromatic N) is 2. The van der Waals surface area contributed by atoms with Crippen LogP contribution in [0.1, 0.15) is 10.4 Å². The number of fused-ring (bicyclic) bond motifs is 1. The SMILES string of the molecule is [NH-]C(=Nc1ccc2[nH]ncc2c1)NC(=O)c1ccccc1.[Y]. The van der Waals surface area contributed by atoms with E-state index in [1.54, 1.807) is 42.6 Å². The molecule has 1 radical (unpaired) electrons. The first-order valence-corrected chi connectivity index (χ1v) is 6.32. The Morgan fingerprint density at radius 2 is 1.95 bits per heavy atom. The molecule has 107 valence electrons. The van der Waals surface area contributed by atoms with Crippen LogP contribution in [0.5, 0.6) is 0 Å². The van der Waals surface area contributed by atoms with Crippen LogP contribution < -0.4 is 5.32 Å². The summed E-state index contributed by atoms with van der Waals surface area (Å²) in [6.07, 6.45) is 1.68. The number of carbonyl (C=O) groups excluding carboxylic acids is 1.